The number of hydrogen-bond donors (Lipinski definition) is 0. The van der Waals surface area contributed by atoms with E-state index in [9.17, 15) is 0 Å². The summed E-state index contributed by atoms with van der Waals surface area (Å²) in [7, 11) is -1.54. The molecule has 0 unspecified atom stereocenters. The van der Waals surface area contributed by atoms with Gasteiger partial charge in [0.25, 0.3) is 0 Å². The standard InChI is InChI=1S/C12H25NOSi/c1-12(2,3)15(4,5)14-11-9-7-6-8-10-13/h6-9,11H2,1-5H3. The van der Waals surface area contributed by atoms with Crippen molar-refractivity contribution in [2.24, 2.45) is 0 Å². The second-order valence-corrected chi connectivity index (χ2v) is 10.4. The van der Waals surface area contributed by atoms with Crippen molar-refractivity contribution in [3.63, 3.8) is 0 Å². The number of rotatable bonds is 6. The SMILES string of the molecule is CC(C)(C)[Si](C)(C)OCCCCCC#N. The third-order valence-electron chi connectivity index (χ3n) is 3.20. The highest BCUT2D eigenvalue weighted by Gasteiger charge is 2.36. The minimum Gasteiger partial charge on any atom is -0.417 e. The highest BCUT2D eigenvalue weighted by molar-refractivity contribution is 6.74. The molecule has 0 heterocycles. The first kappa shape index (κ1) is 14.7. The van der Waals surface area contributed by atoms with Crippen molar-refractivity contribution in [1.29, 1.82) is 5.26 Å². The predicted molar refractivity (Wildman–Crippen MR) is 67.2 cm³/mol. The molecule has 0 aromatic heterocycles. The number of hydrogen-bond acceptors (Lipinski definition) is 2. The van der Waals surface area contributed by atoms with E-state index in [0.29, 0.717) is 11.5 Å². The lowest BCUT2D eigenvalue weighted by Gasteiger charge is -2.36. The van der Waals surface area contributed by atoms with Crippen LogP contribution in [0.3, 0.4) is 0 Å². The Kier molecular flexibility index (Phi) is 6.15. The van der Waals surface area contributed by atoms with Crippen LogP contribution >= 0.6 is 0 Å². The minimum absolute atomic E-state index is 0.305. The molecule has 0 spiro atoms. The van der Waals surface area contributed by atoms with E-state index in [0.717, 1.165) is 25.9 Å². The van der Waals surface area contributed by atoms with E-state index in [1.165, 1.54) is 0 Å². The van der Waals surface area contributed by atoms with Gasteiger partial charge in [-0.2, -0.15) is 5.26 Å². The molecule has 0 saturated heterocycles. The molecule has 0 radical (unpaired) electrons. The van der Waals surface area contributed by atoms with Crippen LogP contribution in [0.1, 0.15) is 46.5 Å². The Balaban J connectivity index is 3.64. The Bertz CT molecular complexity index is 213. The first-order valence-corrected chi connectivity index (χ1v) is 8.73. The summed E-state index contributed by atoms with van der Waals surface area (Å²) in [6.45, 7) is 12.2. The summed E-state index contributed by atoms with van der Waals surface area (Å²) >= 11 is 0. The van der Waals surface area contributed by atoms with Gasteiger partial charge in [-0.15, -0.1) is 0 Å². The third-order valence-corrected chi connectivity index (χ3v) is 7.74. The quantitative estimate of drug-likeness (QED) is 0.506. The molecule has 0 atom stereocenters. The lowest BCUT2D eigenvalue weighted by Crippen LogP contribution is -2.40. The zero-order chi connectivity index (χ0) is 11.9. The molecule has 0 aliphatic heterocycles. The van der Waals surface area contributed by atoms with Gasteiger partial charge in [0.1, 0.15) is 0 Å². The number of nitrogens with zero attached hydrogens (tertiary/aromatic N) is 1. The summed E-state index contributed by atoms with van der Waals surface area (Å²) in [4.78, 5) is 0. The van der Waals surface area contributed by atoms with Gasteiger partial charge in [0.2, 0.25) is 0 Å². The molecule has 2 nitrogen and oxygen atoms in total. The summed E-state index contributed by atoms with van der Waals surface area (Å²) in [5.41, 5.74) is 0. The van der Waals surface area contributed by atoms with E-state index in [2.05, 4.69) is 39.9 Å². The Morgan fingerprint density at radius 1 is 1.13 bits per heavy atom. The zero-order valence-electron chi connectivity index (χ0n) is 10.9. The van der Waals surface area contributed by atoms with Gasteiger partial charge in [0.05, 0.1) is 6.07 Å². The van der Waals surface area contributed by atoms with Crippen molar-refractivity contribution in [2.45, 2.75) is 64.6 Å². The highest BCUT2D eigenvalue weighted by atomic mass is 28.4. The molecule has 15 heavy (non-hydrogen) atoms. The van der Waals surface area contributed by atoms with Crippen LogP contribution in [0.4, 0.5) is 0 Å². The maximum Gasteiger partial charge on any atom is 0.191 e. The fourth-order valence-electron chi connectivity index (χ4n) is 1.03. The van der Waals surface area contributed by atoms with E-state index in [1.54, 1.807) is 0 Å². The molecule has 0 bridgehead atoms. The first-order chi connectivity index (χ1) is 6.81. The molecule has 0 saturated carbocycles. The van der Waals surface area contributed by atoms with Gasteiger partial charge < -0.3 is 4.43 Å². The lowest BCUT2D eigenvalue weighted by molar-refractivity contribution is 0.278. The molecule has 88 valence electrons. The van der Waals surface area contributed by atoms with Crippen LogP contribution < -0.4 is 0 Å². The van der Waals surface area contributed by atoms with Crippen LogP contribution in [-0.2, 0) is 4.43 Å². The van der Waals surface area contributed by atoms with Crippen LogP contribution in [-0.4, -0.2) is 14.9 Å². The Morgan fingerprint density at radius 2 is 1.73 bits per heavy atom. The monoisotopic (exact) mass is 227 g/mol. The van der Waals surface area contributed by atoms with Crippen LogP contribution in [0, 0.1) is 11.3 Å². The molecular weight excluding hydrogens is 202 g/mol. The number of unbranched alkanes of at least 4 members (excludes halogenated alkanes) is 3. The van der Waals surface area contributed by atoms with Gasteiger partial charge in [-0.25, -0.2) is 0 Å². The topological polar surface area (TPSA) is 33.0 Å². The normalized spacial score (nSPS) is 12.5. The number of nitriles is 1. The van der Waals surface area contributed by atoms with Crippen molar-refractivity contribution in [3.05, 3.63) is 0 Å². The average molecular weight is 227 g/mol. The first-order valence-electron chi connectivity index (χ1n) is 5.82. The van der Waals surface area contributed by atoms with Crippen LogP contribution in [0.2, 0.25) is 18.1 Å². The molecule has 0 aliphatic rings. The molecule has 3 heteroatoms. The van der Waals surface area contributed by atoms with Crippen LogP contribution in [0.15, 0.2) is 0 Å². The average Bonchev–Trinajstić information content (AvgIpc) is 2.09. The van der Waals surface area contributed by atoms with Crippen molar-refractivity contribution in [2.75, 3.05) is 6.61 Å². The van der Waals surface area contributed by atoms with Crippen molar-refractivity contribution in [1.82, 2.24) is 0 Å². The van der Waals surface area contributed by atoms with E-state index < -0.39 is 8.32 Å². The van der Waals surface area contributed by atoms with Crippen LogP contribution in [0.25, 0.3) is 0 Å². The molecule has 0 amide bonds. The predicted octanol–water partition coefficient (Wildman–Crippen LogP) is 4.09. The van der Waals surface area contributed by atoms with Gasteiger partial charge >= 0.3 is 0 Å². The molecular formula is C12H25NOSi. The van der Waals surface area contributed by atoms with Gasteiger partial charge in [-0.05, 0) is 31.0 Å². The molecule has 0 N–H and O–H groups in total. The Hall–Kier alpha value is -0.333. The van der Waals surface area contributed by atoms with Crippen LogP contribution in [0.5, 0.6) is 0 Å². The highest BCUT2D eigenvalue weighted by Crippen LogP contribution is 2.36. The van der Waals surface area contributed by atoms with E-state index in [1.807, 2.05) is 0 Å². The molecule has 0 aliphatic carbocycles. The van der Waals surface area contributed by atoms with Gasteiger partial charge in [0, 0.05) is 13.0 Å². The third kappa shape index (κ3) is 5.96. The van der Waals surface area contributed by atoms with Crippen molar-refractivity contribution >= 4 is 8.32 Å². The summed E-state index contributed by atoms with van der Waals surface area (Å²) in [5.74, 6) is 0. The second kappa shape index (κ2) is 6.29. The van der Waals surface area contributed by atoms with Crippen molar-refractivity contribution in [3.8, 4) is 6.07 Å². The maximum atomic E-state index is 8.38. The van der Waals surface area contributed by atoms with Gasteiger partial charge in [-0.3, -0.25) is 0 Å². The summed E-state index contributed by atoms with van der Waals surface area (Å²) < 4.78 is 6.03. The minimum atomic E-state index is -1.54. The summed E-state index contributed by atoms with van der Waals surface area (Å²) in [6, 6.07) is 2.17. The zero-order valence-corrected chi connectivity index (χ0v) is 11.9. The molecule has 0 fully saturated rings. The molecule has 0 rings (SSSR count). The van der Waals surface area contributed by atoms with Crippen molar-refractivity contribution < 1.29 is 4.43 Å². The maximum absolute atomic E-state index is 8.38. The Labute approximate surface area is 95.8 Å². The van der Waals surface area contributed by atoms with E-state index >= 15 is 0 Å². The lowest BCUT2D eigenvalue weighted by atomic mass is 10.2. The van der Waals surface area contributed by atoms with E-state index in [-0.39, 0.29) is 0 Å². The smallest absolute Gasteiger partial charge is 0.191 e. The fourth-order valence-corrected chi connectivity index (χ4v) is 2.11. The van der Waals surface area contributed by atoms with E-state index in [4.69, 9.17) is 9.69 Å². The summed E-state index contributed by atoms with van der Waals surface area (Å²) in [5, 5.41) is 8.69. The largest absolute Gasteiger partial charge is 0.417 e. The fraction of sp³-hybridized carbons (Fsp3) is 0.917. The summed E-state index contributed by atoms with van der Waals surface area (Å²) in [6.07, 6.45) is 3.90. The second-order valence-electron chi connectivity index (χ2n) is 5.58. The molecule has 0 aromatic rings. The van der Waals surface area contributed by atoms with Gasteiger partial charge in [-0.1, -0.05) is 27.2 Å². The van der Waals surface area contributed by atoms with Gasteiger partial charge in [0.15, 0.2) is 8.32 Å². The molecule has 0 aromatic carbocycles. The Morgan fingerprint density at radius 3 is 2.20 bits per heavy atom.